The van der Waals surface area contributed by atoms with Crippen LogP contribution in [0.5, 0.6) is 11.5 Å². The largest absolute Gasteiger partial charge is 0.508 e. The second-order valence-electron chi connectivity index (χ2n) is 11.7. The highest BCUT2D eigenvalue weighted by Gasteiger charge is 2.33. The van der Waals surface area contributed by atoms with Gasteiger partial charge >= 0.3 is 0 Å². The Labute approximate surface area is 202 Å². The molecule has 0 bridgehead atoms. The number of nitrogens with zero attached hydrogens (tertiary/aromatic N) is 3. The molecule has 0 aliphatic carbocycles. The van der Waals surface area contributed by atoms with E-state index in [0.717, 1.165) is 23.1 Å². The van der Waals surface area contributed by atoms with Crippen molar-refractivity contribution in [2.75, 3.05) is 0 Å². The van der Waals surface area contributed by atoms with Crippen molar-refractivity contribution < 1.29 is 10.2 Å². The van der Waals surface area contributed by atoms with Crippen molar-refractivity contribution in [3.05, 3.63) is 77.4 Å². The molecule has 34 heavy (non-hydrogen) atoms. The minimum absolute atomic E-state index is 0.132. The molecule has 2 N–H and O–H groups in total. The summed E-state index contributed by atoms with van der Waals surface area (Å²) in [5.41, 5.74) is 4.37. The maximum atomic E-state index is 11.6. The molecule has 0 fully saturated rings. The van der Waals surface area contributed by atoms with Crippen molar-refractivity contribution in [1.82, 2.24) is 15.0 Å². The number of phenolic OH excluding ortho intramolecular Hbond substituents is 2. The molecule has 0 amide bonds. The van der Waals surface area contributed by atoms with Crippen LogP contribution in [0.4, 0.5) is 0 Å². The predicted molar refractivity (Wildman–Crippen MR) is 138 cm³/mol. The van der Waals surface area contributed by atoms with Crippen molar-refractivity contribution in [1.29, 1.82) is 0 Å². The molecule has 0 radical (unpaired) electrons. The SMILES string of the molecule is CC(C)(C)CC(C)(C)c1cc(-n2nc3ccc(O)cc3n2)c(O)c(C(C)(C)c2ccccc2)c1. The molecule has 0 spiro atoms. The summed E-state index contributed by atoms with van der Waals surface area (Å²) in [6, 6.07) is 19.3. The normalized spacial score (nSPS) is 12.9. The zero-order valence-electron chi connectivity index (χ0n) is 21.2. The average molecular weight is 458 g/mol. The molecule has 0 atom stereocenters. The summed E-state index contributed by atoms with van der Waals surface area (Å²) in [5, 5.41) is 30.7. The van der Waals surface area contributed by atoms with Crippen LogP contribution in [0.1, 0.15) is 71.6 Å². The Kier molecular flexibility index (Phi) is 5.71. The number of phenols is 2. The summed E-state index contributed by atoms with van der Waals surface area (Å²) >= 11 is 0. The Hall–Kier alpha value is -3.34. The summed E-state index contributed by atoms with van der Waals surface area (Å²) in [4.78, 5) is 1.49. The highest BCUT2D eigenvalue weighted by molar-refractivity contribution is 5.76. The molecule has 0 saturated carbocycles. The number of hydrogen-bond donors (Lipinski definition) is 2. The Morgan fingerprint density at radius 3 is 2.03 bits per heavy atom. The number of aromatic nitrogens is 3. The first-order valence-electron chi connectivity index (χ1n) is 11.8. The molecule has 1 heterocycles. The van der Waals surface area contributed by atoms with Crippen LogP contribution in [0, 0.1) is 5.41 Å². The van der Waals surface area contributed by atoms with Crippen LogP contribution in [0.2, 0.25) is 0 Å². The van der Waals surface area contributed by atoms with Gasteiger partial charge in [0, 0.05) is 17.0 Å². The molecule has 0 unspecified atom stereocenters. The van der Waals surface area contributed by atoms with Gasteiger partial charge in [0.25, 0.3) is 0 Å². The number of hydrogen-bond acceptors (Lipinski definition) is 4. The van der Waals surface area contributed by atoms with E-state index < -0.39 is 5.41 Å². The van der Waals surface area contributed by atoms with E-state index in [0.29, 0.717) is 16.7 Å². The molecule has 178 valence electrons. The fourth-order valence-corrected chi connectivity index (χ4v) is 5.09. The lowest BCUT2D eigenvalue weighted by Gasteiger charge is -2.35. The quantitative estimate of drug-likeness (QED) is 0.343. The second-order valence-corrected chi connectivity index (χ2v) is 11.7. The predicted octanol–water partition coefficient (Wildman–Crippen LogP) is 6.87. The highest BCUT2D eigenvalue weighted by Crippen LogP contribution is 2.44. The van der Waals surface area contributed by atoms with Gasteiger partial charge < -0.3 is 10.2 Å². The molecular weight excluding hydrogens is 422 g/mol. The smallest absolute Gasteiger partial charge is 0.147 e. The van der Waals surface area contributed by atoms with E-state index in [-0.39, 0.29) is 22.3 Å². The highest BCUT2D eigenvalue weighted by atomic mass is 16.3. The fourth-order valence-electron chi connectivity index (χ4n) is 5.09. The lowest BCUT2D eigenvalue weighted by molar-refractivity contribution is 0.283. The van der Waals surface area contributed by atoms with E-state index in [2.05, 4.69) is 76.9 Å². The van der Waals surface area contributed by atoms with Crippen molar-refractivity contribution >= 4 is 11.0 Å². The zero-order valence-corrected chi connectivity index (χ0v) is 21.2. The maximum absolute atomic E-state index is 11.6. The number of benzene rings is 3. The van der Waals surface area contributed by atoms with Gasteiger partial charge in [0.1, 0.15) is 28.2 Å². The van der Waals surface area contributed by atoms with E-state index in [4.69, 9.17) is 0 Å². The van der Waals surface area contributed by atoms with Gasteiger partial charge in [-0.2, -0.15) is 0 Å². The lowest BCUT2D eigenvalue weighted by atomic mass is 9.70. The van der Waals surface area contributed by atoms with Gasteiger partial charge in [0.15, 0.2) is 0 Å². The third-order valence-corrected chi connectivity index (χ3v) is 6.59. The topological polar surface area (TPSA) is 71.2 Å². The molecule has 3 aromatic carbocycles. The van der Waals surface area contributed by atoms with E-state index in [1.54, 1.807) is 18.2 Å². The molecule has 4 rings (SSSR count). The number of rotatable bonds is 5. The van der Waals surface area contributed by atoms with Crippen LogP contribution in [0.15, 0.2) is 60.7 Å². The van der Waals surface area contributed by atoms with Crippen LogP contribution in [0.25, 0.3) is 16.7 Å². The van der Waals surface area contributed by atoms with Crippen LogP contribution < -0.4 is 0 Å². The van der Waals surface area contributed by atoms with Crippen LogP contribution >= 0.6 is 0 Å². The summed E-state index contributed by atoms with van der Waals surface area (Å²) in [6.07, 6.45) is 0.970. The van der Waals surface area contributed by atoms with Gasteiger partial charge in [0.05, 0.1) is 0 Å². The van der Waals surface area contributed by atoms with Crippen molar-refractivity contribution in [2.24, 2.45) is 5.41 Å². The molecule has 0 saturated heterocycles. The third-order valence-electron chi connectivity index (χ3n) is 6.59. The summed E-state index contributed by atoms with van der Waals surface area (Å²) in [5.74, 6) is 0.295. The van der Waals surface area contributed by atoms with Gasteiger partial charge in [-0.05, 0) is 46.6 Å². The molecule has 4 aromatic rings. The number of aromatic hydroxyl groups is 2. The summed E-state index contributed by atoms with van der Waals surface area (Å²) < 4.78 is 0. The Morgan fingerprint density at radius 2 is 1.38 bits per heavy atom. The van der Waals surface area contributed by atoms with Crippen molar-refractivity contribution in [3.8, 4) is 17.2 Å². The molecular formula is C29H35N3O2. The van der Waals surface area contributed by atoms with Crippen LogP contribution in [-0.4, -0.2) is 25.2 Å². The van der Waals surface area contributed by atoms with Gasteiger partial charge in [-0.1, -0.05) is 84.9 Å². The molecule has 0 aliphatic rings. The van der Waals surface area contributed by atoms with Gasteiger partial charge in [0.2, 0.25) is 0 Å². The van der Waals surface area contributed by atoms with Gasteiger partial charge in [-0.25, -0.2) is 0 Å². The molecule has 0 aliphatic heterocycles. The average Bonchev–Trinajstić information content (AvgIpc) is 3.15. The minimum atomic E-state index is -0.446. The van der Waals surface area contributed by atoms with Crippen LogP contribution in [0.3, 0.4) is 0 Å². The standard InChI is InChI=1S/C29H35N3O2/c1-27(2,3)18-28(4,5)20-15-22(29(6,7)19-11-9-8-10-12-19)26(34)25(16-20)32-30-23-14-13-21(33)17-24(23)31-32/h8-17,33-34H,18H2,1-7H3. The third kappa shape index (κ3) is 4.52. The first kappa shape index (κ1) is 23.8. The van der Waals surface area contributed by atoms with E-state index in [9.17, 15) is 10.2 Å². The van der Waals surface area contributed by atoms with E-state index in [1.807, 2.05) is 24.3 Å². The first-order valence-corrected chi connectivity index (χ1v) is 11.8. The molecule has 1 aromatic heterocycles. The monoisotopic (exact) mass is 457 g/mol. The minimum Gasteiger partial charge on any atom is -0.508 e. The summed E-state index contributed by atoms with van der Waals surface area (Å²) in [6.45, 7) is 15.5. The first-order chi connectivity index (χ1) is 15.8. The summed E-state index contributed by atoms with van der Waals surface area (Å²) in [7, 11) is 0. The number of fused-ring (bicyclic) bond motifs is 1. The van der Waals surface area contributed by atoms with Gasteiger partial charge in [-0.3, -0.25) is 0 Å². The second kappa shape index (κ2) is 8.15. The maximum Gasteiger partial charge on any atom is 0.147 e. The lowest BCUT2D eigenvalue weighted by Crippen LogP contribution is -2.27. The Morgan fingerprint density at radius 1 is 0.735 bits per heavy atom. The zero-order chi connectivity index (χ0) is 24.9. The van der Waals surface area contributed by atoms with Crippen molar-refractivity contribution in [2.45, 2.75) is 65.7 Å². The molecule has 5 heteroatoms. The van der Waals surface area contributed by atoms with E-state index in [1.165, 1.54) is 4.80 Å². The Bertz CT molecular complexity index is 1330. The van der Waals surface area contributed by atoms with Crippen molar-refractivity contribution in [3.63, 3.8) is 0 Å². The Balaban J connectivity index is 1.97. The van der Waals surface area contributed by atoms with E-state index >= 15 is 0 Å². The fraction of sp³-hybridized carbons (Fsp3) is 0.379. The van der Waals surface area contributed by atoms with Gasteiger partial charge in [-0.15, -0.1) is 15.0 Å². The molecule has 5 nitrogen and oxygen atoms in total. The van der Waals surface area contributed by atoms with Crippen LogP contribution in [-0.2, 0) is 10.8 Å².